The van der Waals surface area contributed by atoms with Crippen molar-refractivity contribution in [2.75, 3.05) is 0 Å². The number of aromatic nitrogens is 2. The minimum absolute atomic E-state index is 0.374. The van der Waals surface area contributed by atoms with Crippen LogP contribution in [-0.2, 0) is 13.2 Å². The molecule has 0 bridgehead atoms. The van der Waals surface area contributed by atoms with Gasteiger partial charge in [0.05, 0.1) is 16.4 Å². The van der Waals surface area contributed by atoms with Gasteiger partial charge in [0.25, 0.3) is 0 Å². The van der Waals surface area contributed by atoms with Crippen LogP contribution < -0.4 is 10.5 Å². The lowest BCUT2D eigenvalue weighted by atomic mass is 10.2. The topological polar surface area (TPSA) is 53.1 Å². The van der Waals surface area contributed by atoms with Crippen molar-refractivity contribution in [3.05, 3.63) is 46.2 Å². The van der Waals surface area contributed by atoms with E-state index in [0.29, 0.717) is 16.6 Å². The Labute approximate surface area is 128 Å². The summed E-state index contributed by atoms with van der Waals surface area (Å²) in [5.41, 5.74) is 8.07. The average molecular weight is 310 g/mol. The van der Waals surface area contributed by atoms with Gasteiger partial charge in [0.1, 0.15) is 17.3 Å². The van der Waals surface area contributed by atoms with E-state index in [-0.39, 0.29) is 0 Å². The summed E-state index contributed by atoms with van der Waals surface area (Å²) in [6.45, 7) is 5.03. The van der Waals surface area contributed by atoms with Gasteiger partial charge in [0, 0.05) is 12.1 Å². The van der Waals surface area contributed by atoms with E-state index in [1.807, 2.05) is 42.8 Å². The number of aryl methyl sites for hydroxylation is 2. The van der Waals surface area contributed by atoms with Crippen LogP contribution in [0.25, 0.3) is 0 Å². The average Bonchev–Trinajstić information content (AvgIpc) is 2.72. The van der Waals surface area contributed by atoms with Gasteiger partial charge < -0.3 is 10.5 Å². The van der Waals surface area contributed by atoms with Crippen LogP contribution in [0.15, 0.2) is 24.3 Å². The first-order chi connectivity index (χ1) is 9.52. The molecule has 2 N–H and O–H groups in total. The summed E-state index contributed by atoms with van der Waals surface area (Å²) < 4.78 is 7.58. The summed E-state index contributed by atoms with van der Waals surface area (Å²) in [7, 11) is 0. The molecular weight excluding hydrogens is 294 g/mol. The van der Waals surface area contributed by atoms with Crippen LogP contribution in [0.2, 0.25) is 5.02 Å². The summed E-state index contributed by atoms with van der Waals surface area (Å²) in [5, 5.41) is 5.01. The van der Waals surface area contributed by atoms with Gasteiger partial charge in [-0.15, -0.1) is 0 Å². The summed E-state index contributed by atoms with van der Waals surface area (Å²) in [6.07, 6.45) is 0. The maximum Gasteiger partial charge on any atom is 0.131 e. The van der Waals surface area contributed by atoms with Crippen LogP contribution in [0.5, 0.6) is 5.75 Å². The van der Waals surface area contributed by atoms with Crippen molar-refractivity contribution in [2.24, 2.45) is 5.73 Å². The van der Waals surface area contributed by atoms with E-state index in [2.05, 4.69) is 5.10 Å². The SMILES string of the molecule is CCn1nc(C)c(Cl)c1COc1ccc(C(N)=S)cc1. The smallest absolute Gasteiger partial charge is 0.131 e. The number of nitrogens with zero attached hydrogens (tertiary/aromatic N) is 2. The quantitative estimate of drug-likeness (QED) is 0.862. The van der Waals surface area contributed by atoms with Crippen LogP contribution in [0.4, 0.5) is 0 Å². The Morgan fingerprint density at radius 2 is 2.05 bits per heavy atom. The van der Waals surface area contributed by atoms with Crippen molar-refractivity contribution in [3.8, 4) is 5.75 Å². The highest BCUT2D eigenvalue weighted by atomic mass is 35.5. The van der Waals surface area contributed by atoms with Gasteiger partial charge in [-0.1, -0.05) is 23.8 Å². The van der Waals surface area contributed by atoms with Crippen molar-refractivity contribution in [1.29, 1.82) is 0 Å². The minimum Gasteiger partial charge on any atom is -0.487 e. The molecule has 0 aliphatic carbocycles. The maximum absolute atomic E-state index is 6.23. The fourth-order valence-corrected chi connectivity index (χ4v) is 2.20. The van der Waals surface area contributed by atoms with Crippen molar-refractivity contribution in [3.63, 3.8) is 0 Å². The predicted molar refractivity (Wildman–Crippen MR) is 84.3 cm³/mol. The number of hydrogen-bond acceptors (Lipinski definition) is 3. The molecule has 0 unspecified atom stereocenters. The highest BCUT2D eigenvalue weighted by Crippen LogP contribution is 2.22. The molecule has 1 heterocycles. The predicted octanol–water partition coefficient (Wildman–Crippen LogP) is 3.08. The summed E-state index contributed by atoms with van der Waals surface area (Å²) in [4.78, 5) is 0.374. The van der Waals surface area contributed by atoms with Gasteiger partial charge >= 0.3 is 0 Å². The van der Waals surface area contributed by atoms with Gasteiger partial charge in [-0.3, -0.25) is 4.68 Å². The number of benzene rings is 1. The molecule has 20 heavy (non-hydrogen) atoms. The molecule has 0 amide bonds. The molecule has 6 heteroatoms. The molecule has 1 aromatic heterocycles. The van der Waals surface area contributed by atoms with Crippen molar-refractivity contribution in [2.45, 2.75) is 27.0 Å². The molecule has 0 saturated carbocycles. The molecule has 0 saturated heterocycles. The van der Waals surface area contributed by atoms with Crippen LogP contribution in [0, 0.1) is 6.92 Å². The zero-order valence-corrected chi connectivity index (χ0v) is 13.0. The molecule has 0 fully saturated rings. The Kier molecular flexibility index (Phi) is 4.62. The number of ether oxygens (including phenoxy) is 1. The number of thiocarbonyl (C=S) groups is 1. The van der Waals surface area contributed by atoms with E-state index in [1.165, 1.54) is 0 Å². The second kappa shape index (κ2) is 6.24. The van der Waals surface area contributed by atoms with Gasteiger partial charge in [-0.05, 0) is 38.1 Å². The zero-order valence-electron chi connectivity index (χ0n) is 11.4. The Morgan fingerprint density at radius 3 is 2.60 bits per heavy atom. The Hall–Kier alpha value is -1.59. The molecule has 0 spiro atoms. The first-order valence-electron chi connectivity index (χ1n) is 6.27. The fraction of sp³-hybridized carbons (Fsp3) is 0.286. The first kappa shape index (κ1) is 14.8. The number of rotatable bonds is 5. The molecule has 2 rings (SSSR count). The van der Waals surface area contributed by atoms with E-state index in [4.69, 9.17) is 34.3 Å². The van der Waals surface area contributed by atoms with Gasteiger partial charge in [-0.25, -0.2) is 0 Å². The third kappa shape index (κ3) is 3.11. The largest absolute Gasteiger partial charge is 0.487 e. The van der Waals surface area contributed by atoms with E-state index >= 15 is 0 Å². The molecular formula is C14H16ClN3OS. The molecule has 0 aliphatic rings. The standard InChI is InChI=1S/C14H16ClN3OS/c1-3-18-12(13(15)9(2)17-18)8-19-11-6-4-10(5-7-11)14(16)20/h4-7H,3,8H2,1-2H3,(H2,16,20). The molecule has 106 valence electrons. The lowest BCUT2D eigenvalue weighted by Gasteiger charge is -2.09. The van der Waals surface area contributed by atoms with Crippen molar-refractivity contribution < 1.29 is 4.74 Å². The van der Waals surface area contributed by atoms with E-state index in [0.717, 1.165) is 29.2 Å². The molecule has 4 nitrogen and oxygen atoms in total. The summed E-state index contributed by atoms with van der Waals surface area (Å²) >= 11 is 11.1. The van der Waals surface area contributed by atoms with E-state index < -0.39 is 0 Å². The molecule has 0 aliphatic heterocycles. The second-order valence-electron chi connectivity index (χ2n) is 4.34. The zero-order chi connectivity index (χ0) is 14.7. The lowest BCUT2D eigenvalue weighted by Crippen LogP contribution is -2.09. The Bertz CT molecular complexity index is 622. The highest BCUT2D eigenvalue weighted by Gasteiger charge is 2.13. The lowest BCUT2D eigenvalue weighted by molar-refractivity contribution is 0.292. The number of nitrogens with two attached hydrogens (primary N) is 1. The normalized spacial score (nSPS) is 10.6. The first-order valence-corrected chi connectivity index (χ1v) is 7.06. The third-order valence-corrected chi connectivity index (χ3v) is 3.69. The minimum atomic E-state index is 0.374. The monoisotopic (exact) mass is 309 g/mol. The van der Waals surface area contributed by atoms with Crippen molar-refractivity contribution >= 4 is 28.8 Å². The number of halogens is 1. The van der Waals surface area contributed by atoms with Gasteiger partial charge in [-0.2, -0.15) is 5.10 Å². The molecule has 0 atom stereocenters. The number of hydrogen-bond donors (Lipinski definition) is 1. The highest BCUT2D eigenvalue weighted by molar-refractivity contribution is 7.80. The fourth-order valence-electron chi connectivity index (χ4n) is 1.87. The second-order valence-corrected chi connectivity index (χ2v) is 5.16. The van der Waals surface area contributed by atoms with E-state index in [1.54, 1.807) is 0 Å². The van der Waals surface area contributed by atoms with Crippen LogP contribution in [0.1, 0.15) is 23.9 Å². The molecule has 2 aromatic rings. The molecule has 0 radical (unpaired) electrons. The van der Waals surface area contributed by atoms with Gasteiger partial charge in [0.2, 0.25) is 0 Å². The summed E-state index contributed by atoms with van der Waals surface area (Å²) in [5.74, 6) is 0.738. The summed E-state index contributed by atoms with van der Waals surface area (Å²) in [6, 6.07) is 7.34. The molecule has 1 aromatic carbocycles. The van der Waals surface area contributed by atoms with Crippen molar-refractivity contribution in [1.82, 2.24) is 9.78 Å². The van der Waals surface area contributed by atoms with Gasteiger partial charge in [0.15, 0.2) is 0 Å². The maximum atomic E-state index is 6.23. The Morgan fingerprint density at radius 1 is 1.40 bits per heavy atom. The Balaban J connectivity index is 2.10. The van der Waals surface area contributed by atoms with Crippen LogP contribution in [0.3, 0.4) is 0 Å². The van der Waals surface area contributed by atoms with Crippen LogP contribution >= 0.6 is 23.8 Å². The third-order valence-electron chi connectivity index (χ3n) is 2.97. The van der Waals surface area contributed by atoms with Crippen LogP contribution in [-0.4, -0.2) is 14.8 Å². The van der Waals surface area contributed by atoms with E-state index in [9.17, 15) is 0 Å².